The largest absolute Gasteiger partial charge is 0.486 e. The molecule has 4 rings (SSSR count). The van der Waals surface area contributed by atoms with Gasteiger partial charge >= 0.3 is 0 Å². The van der Waals surface area contributed by atoms with Gasteiger partial charge in [0, 0.05) is 19.5 Å². The SMILES string of the molecule is CCNC(=O)c1ccc(COc2ccc3c(c2)[C@@H](c2cccc(F)c2)N(C(=O)CC(C)C)CC3)o1. The molecule has 0 bridgehead atoms. The highest BCUT2D eigenvalue weighted by Crippen LogP contribution is 2.38. The lowest BCUT2D eigenvalue weighted by Crippen LogP contribution is -2.41. The normalized spacial score (nSPS) is 15.1. The molecule has 7 heteroatoms. The summed E-state index contributed by atoms with van der Waals surface area (Å²) < 4.78 is 25.7. The zero-order valence-electron chi connectivity index (χ0n) is 20.3. The number of rotatable bonds is 8. The summed E-state index contributed by atoms with van der Waals surface area (Å²) in [4.78, 5) is 26.9. The Morgan fingerprint density at radius 2 is 2.00 bits per heavy atom. The van der Waals surface area contributed by atoms with Gasteiger partial charge in [-0.1, -0.05) is 32.0 Å². The van der Waals surface area contributed by atoms with Crippen LogP contribution in [0.5, 0.6) is 5.75 Å². The first kappa shape index (κ1) is 24.5. The standard InChI is InChI=1S/C28H31FN2O4/c1-4-30-28(33)25-11-10-23(35-25)17-34-22-9-8-19-12-13-31(26(32)14-18(2)3)27(24(19)16-22)20-6-5-7-21(29)15-20/h5-11,15-16,18,27H,4,12-14,17H2,1-3H3,(H,30,33)/t27-/m1/s1. The van der Waals surface area contributed by atoms with Crippen molar-refractivity contribution in [2.75, 3.05) is 13.1 Å². The molecule has 0 saturated carbocycles. The molecule has 1 N–H and O–H groups in total. The van der Waals surface area contributed by atoms with Gasteiger partial charge in [0.15, 0.2) is 5.76 Å². The first-order chi connectivity index (χ1) is 16.9. The van der Waals surface area contributed by atoms with Gasteiger partial charge in [0.2, 0.25) is 5.91 Å². The summed E-state index contributed by atoms with van der Waals surface area (Å²) >= 11 is 0. The summed E-state index contributed by atoms with van der Waals surface area (Å²) in [5.41, 5.74) is 2.77. The first-order valence-electron chi connectivity index (χ1n) is 12.0. The monoisotopic (exact) mass is 478 g/mol. The van der Waals surface area contributed by atoms with Gasteiger partial charge in [0.1, 0.15) is 23.9 Å². The zero-order valence-corrected chi connectivity index (χ0v) is 20.3. The van der Waals surface area contributed by atoms with Crippen molar-refractivity contribution >= 4 is 11.8 Å². The summed E-state index contributed by atoms with van der Waals surface area (Å²) in [5.74, 6) is 1.06. The number of ether oxygens (including phenoxy) is 1. The second kappa shape index (κ2) is 10.8. The van der Waals surface area contributed by atoms with Crippen molar-refractivity contribution in [3.63, 3.8) is 0 Å². The van der Waals surface area contributed by atoms with Crippen molar-refractivity contribution in [3.8, 4) is 5.75 Å². The maximum atomic E-state index is 14.2. The van der Waals surface area contributed by atoms with Gasteiger partial charge in [-0.25, -0.2) is 4.39 Å². The van der Waals surface area contributed by atoms with Gasteiger partial charge in [-0.3, -0.25) is 9.59 Å². The highest BCUT2D eigenvalue weighted by Gasteiger charge is 2.32. The average Bonchev–Trinajstić information content (AvgIpc) is 3.31. The fourth-order valence-electron chi connectivity index (χ4n) is 4.43. The predicted molar refractivity (Wildman–Crippen MR) is 131 cm³/mol. The Labute approximate surface area is 205 Å². The van der Waals surface area contributed by atoms with Crippen molar-refractivity contribution in [2.45, 2.75) is 46.3 Å². The number of hydrogen-bond acceptors (Lipinski definition) is 4. The molecule has 184 valence electrons. The molecule has 0 unspecified atom stereocenters. The first-order valence-corrected chi connectivity index (χ1v) is 12.0. The topological polar surface area (TPSA) is 71.8 Å². The lowest BCUT2D eigenvalue weighted by atomic mass is 9.87. The Morgan fingerprint density at radius 1 is 1.17 bits per heavy atom. The third-order valence-corrected chi connectivity index (χ3v) is 6.02. The number of amides is 2. The minimum absolute atomic E-state index is 0.0553. The third kappa shape index (κ3) is 5.73. The molecule has 2 aromatic carbocycles. The summed E-state index contributed by atoms with van der Waals surface area (Å²) in [5, 5.41) is 2.70. The van der Waals surface area contributed by atoms with Crippen molar-refractivity contribution in [3.05, 3.63) is 88.6 Å². The number of hydrogen-bond donors (Lipinski definition) is 1. The lowest BCUT2D eigenvalue weighted by Gasteiger charge is -2.38. The lowest BCUT2D eigenvalue weighted by molar-refractivity contribution is -0.134. The van der Waals surface area contributed by atoms with Crippen LogP contribution in [-0.2, 0) is 17.8 Å². The second-order valence-electron chi connectivity index (χ2n) is 9.17. The molecule has 0 spiro atoms. The van der Waals surface area contributed by atoms with Gasteiger partial charge in [0.05, 0.1) is 6.04 Å². The molecule has 1 aliphatic rings. The molecule has 3 aromatic rings. The van der Waals surface area contributed by atoms with E-state index in [1.807, 2.05) is 49.9 Å². The number of carbonyl (C=O) groups excluding carboxylic acids is 2. The van der Waals surface area contributed by atoms with E-state index in [4.69, 9.17) is 9.15 Å². The Balaban J connectivity index is 1.60. The number of furan rings is 1. The summed E-state index contributed by atoms with van der Waals surface area (Å²) in [6, 6.07) is 15.2. The van der Waals surface area contributed by atoms with Crippen molar-refractivity contribution < 1.29 is 23.1 Å². The van der Waals surface area contributed by atoms with Crippen molar-refractivity contribution in [2.24, 2.45) is 5.92 Å². The van der Waals surface area contributed by atoms with E-state index in [1.165, 1.54) is 12.1 Å². The molecule has 1 atom stereocenters. The Bertz CT molecular complexity index is 1200. The van der Waals surface area contributed by atoms with E-state index in [2.05, 4.69) is 5.32 Å². The van der Waals surface area contributed by atoms with E-state index in [1.54, 1.807) is 18.2 Å². The highest BCUT2D eigenvalue weighted by molar-refractivity contribution is 5.91. The summed E-state index contributed by atoms with van der Waals surface area (Å²) in [6.07, 6.45) is 1.16. The molecule has 0 fully saturated rings. The van der Waals surface area contributed by atoms with Crippen LogP contribution < -0.4 is 10.1 Å². The smallest absolute Gasteiger partial charge is 0.286 e. The van der Waals surface area contributed by atoms with Crippen LogP contribution in [-0.4, -0.2) is 29.8 Å². The Morgan fingerprint density at radius 3 is 2.74 bits per heavy atom. The highest BCUT2D eigenvalue weighted by atomic mass is 19.1. The molecule has 35 heavy (non-hydrogen) atoms. The fourth-order valence-corrected chi connectivity index (χ4v) is 4.43. The molecule has 2 amide bonds. The van der Waals surface area contributed by atoms with Crippen LogP contribution in [0, 0.1) is 11.7 Å². The fraction of sp³-hybridized carbons (Fsp3) is 0.357. The van der Waals surface area contributed by atoms with Gasteiger partial charge < -0.3 is 19.4 Å². The molecular weight excluding hydrogens is 447 g/mol. The van der Waals surface area contributed by atoms with E-state index < -0.39 is 6.04 Å². The zero-order chi connectivity index (χ0) is 24.9. The van der Waals surface area contributed by atoms with E-state index in [0.717, 1.165) is 23.1 Å². The predicted octanol–water partition coefficient (Wildman–Crippen LogP) is 5.27. The van der Waals surface area contributed by atoms with Gasteiger partial charge in [-0.05, 0) is 72.4 Å². The van der Waals surface area contributed by atoms with E-state index >= 15 is 0 Å². The second-order valence-corrected chi connectivity index (χ2v) is 9.17. The van der Waals surface area contributed by atoms with Gasteiger partial charge in [-0.2, -0.15) is 0 Å². The number of fused-ring (bicyclic) bond motifs is 1. The number of carbonyl (C=O) groups is 2. The molecule has 6 nitrogen and oxygen atoms in total. The number of benzene rings is 2. The van der Waals surface area contributed by atoms with E-state index in [9.17, 15) is 14.0 Å². The van der Waals surface area contributed by atoms with E-state index in [0.29, 0.717) is 31.0 Å². The molecule has 1 aromatic heterocycles. The van der Waals surface area contributed by atoms with Crippen molar-refractivity contribution in [1.82, 2.24) is 10.2 Å². The minimum Gasteiger partial charge on any atom is -0.486 e. The molecule has 1 aliphatic heterocycles. The molecule has 0 saturated heterocycles. The average molecular weight is 479 g/mol. The quantitative estimate of drug-likeness (QED) is 0.479. The van der Waals surface area contributed by atoms with Crippen LogP contribution in [0.1, 0.15) is 66.2 Å². The van der Waals surface area contributed by atoms with Crippen LogP contribution >= 0.6 is 0 Å². The number of nitrogens with one attached hydrogen (secondary N) is 1. The summed E-state index contributed by atoms with van der Waals surface area (Å²) in [7, 11) is 0. The van der Waals surface area contributed by atoms with Gasteiger partial charge in [0.25, 0.3) is 5.91 Å². The molecular formula is C28H31FN2O4. The number of nitrogens with zero attached hydrogens (tertiary/aromatic N) is 1. The van der Waals surface area contributed by atoms with Crippen molar-refractivity contribution in [1.29, 1.82) is 0 Å². The third-order valence-electron chi connectivity index (χ3n) is 6.02. The maximum absolute atomic E-state index is 14.2. The van der Waals surface area contributed by atoms with Crippen LogP contribution in [0.3, 0.4) is 0 Å². The molecule has 0 radical (unpaired) electrons. The number of halogens is 1. The Kier molecular flexibility index (Phi) is 7.54. The molecule has 0 aliphatic carbocycles. The van der Waals surface area contributed by atoms with E-state index in [-0.39, 0.29) is 35.9 Å². The summed E-state index contributed by atoms with van der Waals surface area (Å²) in [6.45, 7) is 7.13. The van der Waals surface area contributed by atoms with Gasteiger partial charge in [-0.15, -0.1) is 0 Å². The van der Waals surface area contributed by atoms with Crippen LogP contribution in [0.25, 0.3) is 0 Å². The Hall–Kier alpha value is -3.61. The molecule has 2 heterocycles. The minimum atomic E-state index is -0.391. The maximum Gasteiger partial charge on any atom is 0.286 e. The van der Waals surface area contributed by atoms with Crippen LogP contribution in [0.2, 0.25) is 0 Å². The van der Waals surface area contributed by atoms with Crippen LogP contribution in [0.15, 0.2) is 59.0 Å². The van der Waals surface area contributed by atoms with Crippen LogP contribution in [0.4, 0.5) is 4.39 Å².